The Kier molecular flexibility index (Phi) is 5.59. The Morgan fingerprint density at radius 3 is 2.12 bits per heavy atom. The standard InChI is InChI=1S/C18H24N2O4/c1-4-20(5-2)17(23)18(11-12-18)16(22)19-14-9-7-13(8-10-14)15(21)24-6-3/h7-10H,4-6,11-12H2,1-3H3,(H,19,22). The molecule has 1 N–H and O–H groups in total. The van der Waals surface area contributed by atoms with Crippen LogP contribution >= 0.6 is 0 Å². The number of hydrogen-bond acceptors (Lipinski definition) is 4. The highest BCUT2D eigenvalue weighted by Gasteiger charge is 2.57. The molecule has 0 heterocycles. The lowest BCUT2D eigenvalue weighted by Crippen LogP contribution is -2.42. The Bertz CT molecular complexity index is 616. The van der Waals surface area contributed by atoms with E-state index in [2.05, 4.69) is 5.32 Å². The molecule has 0 spiro atoms. The van der Waals surface area contributed by atoms with Crippen molar-refractivity contribution in [2.45, 2.75) is 33.6 Å². The van der Waals surface area contributed by atoms with Crippen LogP contribution in [0.25, 0.3) is 0 Å². The SMILES string of the molecule is CCOC(=O)c1ccc(NC(=O)C2(C(=O)N(CC)CC)CC2)cc1. The molecule has 1 aliphatic carbocycles. The summed E-state index contributed by atoms with van der Waals surface area (Å²) in [5.74, 6) is -0.776. The van der Waals surface area contributed by atoms with Crippen LogP contribution in [0.5, 0.6) is 0 Å². The third kappa shape index (κ3) is 3.58. The first kappa shape index (κ1) is 18.0. The second-order valence-electron chi connectivity index (χ2n) is 5.81. The van der Waals surface area contributed by atoms with E-state index < -0.39 is 11.4 Å². The Balaban J connectivity index is 2.04. The van der Waals surface area contributed by atoms with Gasteiger partial charge in [0.2, 0.25) is 11.8 Å². The number of rotatable bonds is 7. The molecule has 0 aliphatic heterocycles. The van der Waals surface area contributed by atoms with E-state index in [0.29, 0.717) is 43.8 Å². The smallest absolute Gasteiger partial charge is 0.338 e. The van der Waals surface area contributed by atoms with Gasteiger partial charge in [0.25, 0.3) is 0 Å². The summed E-state index contributed by atoms with van der Waals surface area (Å²) >= 11 is 0. The molecule has 6 heteroatoms. The summed E-state index contributed by atoms with van der Waals surface area (Å²) in [6, 6.07) is 6.48. The molecule has 130 valence electrons. The van der Waals surface area contributed by atoms with Gasteiger partial charge in [0.15, 0.2) is 0 Å². The molecule has 0 saturated heterocycles. The van der Waals surface area contributed by atoms with Crippen molar-refractivity contribution in [1.82, 2.24) is 4.90 Å². The number of carbonyl (C=O) groups excluding carboxylic acids is 3. The summed E-state index contributed by atoms with van der Waals surface area (Å²) in [7, 11) is 0. The van der Waals surface area contributed by atoms with Gasteiger partial charge in [-0.3, -0.25) is 9.59 Å². The molecule has 1 aliphatic rings. The third-order valence-electron chi connectivity index (χ3n) is 4.30. The van der Waals surface area contributed by atoms with Crippen molar-refractivity contribution in [3.63, 3.8) is 0 Å². The zero-order chi connectivity index (χ0) is 17.7. The average Bonchev–Trinajstić information content (AvgIpc) is 3.38. The van der Waals surface area contributed by atoms with Crippen LogP contribution in [0.1, 0.15) is 44.0 Å². The zero-order valence-corrected chi connectivity index (χ0v) is 14.4. The number of ether oxygens (including phenoxy) is 1. The van der Waals surface area contributed by atoms with E-state index in [0.717, 1.165) is 0 Å². The van der Waals surface area contributed by atoms with Crippen LogP contribution < -0.4 is 5.32 Å². The first-order chi connectivity index (χ1) is 11.5. The summed E-state index contributed by atoms with van der Waals surface area (Å²) in [6.07, 6.45) is 1.16. The van der Waals surface area contributed by atoms with E-state index in [1.807, 2.05) is 13.8 Å². The van der Waals surface area contributed by atoms with E-state index in [-0.39, 0.29) is 11.8 Å². The largest absolute Gasteiger partial charge is 0.462 e. The molecule has 0 atom stereocenters. The van der Waals surface area contributed by atoms with Crippen LogP contribution in [0.4, 0.5) is 5.69 Å². The molecule has 6 nitrogen and oxygen atoms in total. The Morgan fingerprint density at radius 2 is 1.67 bits per heavy atom. The summed E-state index contributed by atoms with van der Waals surface area (Å²) in [5, 5.41) is 2.79. The third-order valence-corrected chi connectivity index (χ3v) is 4.30. The second kappa shape index (κ2) is 7.47. The van der Waals surface area contributed by atoms with E-state index in [1.165, 1.54) is 0 Å². The van der Waals surface area contributed by atoms with Gasteiger partial charge in [-0.15, -0.1) is 0 Å². The second-order valence-corrected chi connectivity index (χ2v) is 5.81. The monoisotopic (exact) mass is 332 g/mol. The van der Waals surface area contributed by atoms with E-state index in [4.69, 9.17) is 4.74 Å². The number of nitrogens with zero attached hydrogens (tertiary/aromatic N) is 1. The molecule has 1 saturated carbocycles. The fourth-order valence-electron chi connectivity index (χ4n) is 2.63. The maximum atomic E-state index is 12.5. The topological polar surface area (TPSA) is 75.7 Å². The molecular weight excluding hydrogens is 308 g/mol. The maximum Gasteiger partial charge on any atom is 0.338 e. The number of amides is 2. The molecule has 1 fully saturated rings. The van der Waals surface area contributed by atoms with Crippen LogP contribution in [0.2, 0.25) is 0 Å². The van der Waals surface area contributed by atoms with Crippen molar-refractivity contribution >= 4 is 23.5 Å². The molecule has 1 aromatic carbocycles. The Labute approximate surface area is 142 Å². The predicted molar refractivity (Wildman–Crippen MR) is 90.6 cm³/mol. The van der Waals surface area contributed by atoms with Gasteiger partial charge in [-0.2, -0.15) is 0 Å². The minimum atomic E-state index is -0.925. The van der Waals surface area contributed by atoms with Crippen LogP contribution in [-0.2, 0) is 14.3 Å². The van der Waals surface area contributed by atoms with Gasteiger partial charge < -0.3 is 15.0 Å². The lowest BCUT2D eigenvalue weighted by atomic mass is 10.0. The molecule has 0 radical (unpaired) electrons. The van der Waals surface area contributed by atoms with Crippen molar-refractivity contribution in [2.24, 2.45) is 5.41 Å². The fraction of sp³-hybridized carbons (Fsp3) is 0.500. The molecule has 2 rings (SSSR count). The van der Waals surface area contributed by atoms with E-state index in [1.54, 1.807) is 36.1 Å². The highest BCUT2D eigenvalue weighted by molar-refractivity contribution is 6.13. The molecule has 24 heavy (non-hydrogen) atoms. The van der Waals surface area contributed by atoms with Gasteiger partial charge in [0.05, 0.1) is 12.2 Å². The van der Waals surface area contributed by atoms with Crippen molar-refractivity contribution in [3.8, 4) is 0 Å². The summed E-state index contributed by atoms with van der Waals surface area (Å²) in [6.45, 7) is 7.06. The minimum absolute atomic E-state index is 0.104. The average molecular weight is 332 g/mol. The maximum absolute atomic E-state index is 12.5. The Morgan fingerprint density at radius 1 is 1.08 bits per heavy atom. The quantitative estimate of drug-likeness (QED) is 0.615. The summed E-state index contributed by atoms with van der Waals surface area (Å²) in [5.41, 5.74) is 0.0631. The summed E-state index contributed by atoms with van der Waals surface area (Å²) in [4.78, 5) is 38.4. The van der Waals surface area contributed by atoms with Gasteiger partial charge in [0.1, 0.15) is 5.41 Å². The Hall–Kier alpha value is -2.37. The van der Waals surface area contributed by atoms with Crippen LogP contribution in [0, 0.1) is 5.41 Å². The highest BCUT2D eigenvalue weighted by Crippen LogP contribution is 2.48. The van der Waals surface area contributed by atoms with E-state index >= 15 is 0 Å². The first-order valence-corrected chi connectivity index (χ1v) is 8.36. The number of carbonyl (C=O) groups is 3. The van der Waals surface area contributed by atoms with Gasteiger partial charge in [-0.1, -0.05) is 0 Å². The number of hydrogen-bond donors (Lipinski definition) is 1. The zero-order valence-electron chi connectivity index (χ0n) is 14.4. The van der Waals surface area contributed by atoms with Gasteiger partial charge in [-0.05, 0) is 57.9 Å². The van der Waals surface area contributed by atoms with Crippen molar-refractivity contribution in [2.75, 3.05) is 25.0 Å². The lowest BCUT2D eigenvalue weighted by molar-refractivity contribution is -0.141. The van der Waals surface area contributed by atoms with Gasteiger partial charge in [0, 0.05) is 18.8 Å². The van der Waals surface area contributed by atoms with Crippen LogP contribution in [-0.4, -0.2) is 42.4 Å². The van der Waals surface area contributed by atoms with Crippen molar-refractivity contribution in [1.29, 1.82) is 0 Å². The molecule has 0 unspecified atom stereocenters. The number of anilines is 1. The number of esters is 1. The van der Waals surface area contributed by atoms with Crippen LogP contribution in [0.15, 0.2) is 24.3 Å². The van der Waals surface area contributed by atoms with E-state index in [9.17, 15) is 14.4 Å². The van der Waals surface area contributed by atoms with Gasteiger partial charge in [-0.25, -0.2) is 4.79 Å². The van der Waals surface area contributed by atoms with Crippen molar-refractivity contribution in [3.05, 3.63) is 29.8 Å². The number of benzene rings is 1. The highest BCUT2D eigenvalue weighted by atomic mass is 16.5. The number of nitrogens with one attached hydrogen (secondary N) is 1. The molecule has 2 amide bonds. The minimum Gasteiger partial charge on any atom is -0.462 e. The lowest BCUT2D eigenvalue weighted by Gasteiger charge is -2.24. The molecule has 0 bridgehead atoms. The van der Waals surface area contributed by atoms with Gasteiger partial charge >= 0.3 is 5.97 Å². The fourth-order valence-corrected chi connectivity index (χ4v) is 2.63. The predicted octanol–water partition coefficient (Wildman–Crippen LogP) is 2.45. The summed E-state index contributed by atoms with van der Waals surface area (Å²) < 4.78 is 4.92. The van der Waals surface area contributed by atoms with Crippen LogP contribution in [0.3, 0.4) is 0 Å². The first-order valence-electron chi connectivity index (χ1n) is 8.36. The molecular formula is C18H24N2O4. The molecule has 1 aromatic rings. The van der Waals surface area contributed by atoms with Crippen molar-refractivity contribution < 1.29 is 19.1 Å². The molecule has 0 aromatic heterocycles. The normalized spacial score (nSPS) is 14.6.